The topological polar surface area (TPSA) is 63.0 Å². The van der Waals surface area contributed by atoms with Gasteiger partial charge in [-0.2, -0.15) is 0 Å². The minimum absolute atomic E-state index is 0.0109. The molecular formula is C17H20N4OS. The number of fused-ring (bicyclic) bond motifs is 1. The van der Waals surface area contributed by atoms with E-state index in [2.05, 4.69) is 10.1 Å². The zero-order valence-electron chi connectivity index (χ0n) is 13.2. The van der Waals surface area contributed by atoms with E-state index in [0.29, 0.717) is 6.04 Å². The molecule has 0 unspecified atom stereocenters. The summed E-state index contributed by atoms with van der Waals surface area (Å²) in [5.74, 6) is 0.826. The Morgan fingerprint density at radius 1 is 1.30 bits per heavy atom. The zero-order valence-corrected chi connectivity index (χ0v) is 14.0. The largest absolute Gasteiger partial charge is 0.271 e. The van der Waals surface area contributed by atoms with Crippen LogP contribution in [0.4, 0.5) is 5.82 Å². The van der Waals surface area contributed by atoms with Crippen LogP contribution in [0.25, 0.3) is 0 Å². The number of rotatable bonds is 2. The fourth-order valence-corrected chi connectivity index (χ4v) is 4.66. The van der Waals surface area contributed by atoms with Gasteiger partial charge in [0.2, 0.25) is 0 Å². The molecule has 23 heavy (non-hydrogen) atoms. The predicted octanol–water partition coefficient (Wildman–Crippen LogP) is 3.96. The smallest absolute Gasteiger partial charge is 0.268 e. The van der Waals surface area contributed by atoms with Crippen LogP contribution in [0, 0.1) is 0 Å². The Morgan fingerprint density at radius 3 is 2.87 bits per heavy atom. The van der Waals surface area contributed by atoms with E-state index < -0.39 is 0 Å². The molecule has 2 aliphatic rings. The number of H-pyrrole nitrogens is 1. The average Bonchev–Trinajstić information content (AvgIpc) is 2.92. The minimum atomic E-state index is -0.0233. The van der Waals surface area contributed by atoms with Crippen molar-refractivity contribution in [1.82, 2.24) is 14.8 Å². The number of pyridine rings is 1. The van der Waals surface area contributed by atoms with Crippen LogP contribution in [0.15, 0.2) is 34.3 Å². The van der Waals surface area contributed by atoms with Gasteiger partial charge in [-0.05, 0) is 31.4 Å². The Balaban J connectivity index is 1.82. The lowest BCUT2D eigenvalue weighted by atomic mass is 9.95. The summed E-state index contributed by atoms with van der Waals surface area (Å²) in [6.07, 6.45) is 9.59. The van der Waals surface area contributed by atoms with Crippen molar-refractivity contribution >= 4 is 22.6 Å². The second-order valence-electron chi connectivity index (χ2n) is 6.26. The molecule has 120 valence electrons. The third-order valence-corrected chi connectivity index (χ3v) is 5.85. The normalized spacial score (nSPS) is 21.8. The molecule has 0 saturated heterocycles. The summed E-state index contributed by atoms with van der Waals surface area (Å²) in [7, 11) is 0. The number of nitrogens with one attached hydrogen (secondary N) is 1. The van der Waals surface area contributed by atoms with Crippen LogP contribution in [-0.2, 0) is 0 Å². The van der Waals surface area contributed by atoms with Crippen LogP contribution in [0.2, 0.25) is 0 Å². The summed E-state index contributed by atoms with van der Waals surface area (Å²) in [6, 6.07) is 4.32. The van der Waals surface area contributed by atoms with Crippen LogP contribution in [-0.4, -0.2) is 19.8 Å². The van der Waals surface area contributed by atoms with Crippen molar-refractivity contribution in [3.8, 4) is 0 Å². The van der Waals surface area contributed by atoms with Gasteiger partial charge in [0, 0.05) is 12.4 Å². The van der Waals surface area contributed by atoms with Crippen molar-refractivity contribution in [3.05, 3.63) is 46.0 Å². The highest BCUT2D eigenvalue weighted by Gasteiger charge is 2.32. The van der Waals surface area contributed by atoms with E-state index in [0.717, 1.165) is 34.8 Å². The van der Waals surface area contributed by atoms with E-state index in [1.165, 1.54) is 19.3 Å². The Bertz CT molecular complexity index is 787. The van der Waals surface area contributed by atoms with Gasteiger partial charge in [0.1, 0.15) is 0 Å². The molecule has 4 rings (SSSR count). The van der Waals surface area contributed by atoms with E-state index >= 15 is 0 Å². The maximum absolute atomic E-state index is 12.6. The molecule has 0 aromatic carbocycles. The maximum Gasteiger partial charge on any atom is 0.271 e. The number of hydrogen-bond donors (Lipinski definition) is 1. The molecular weight excluding hydrogens is 308 g/mol. The lowest BCUT2D eigenvalue weighted by molar-refractivity contribution is 0.331. The SMILES string of the molecule is CC1=Nc2c(c(=O)[nH]n2C2CCCCC2)[C@@H](c2cccnc2)S1. The highest BCUT2D eigenvalue weighted by atomic mass is 32.2. The fraction of sp³-hybridized carbons (Fsp3) is 0.471. The van der Waals surface area contributed by atoms with Crippen molar-refractivity contribution in [2.24, 2.45) is 4.99 Å². The molecule has 2 aromatic rings. The molecule has 3 heterocycles. The summed E-state index contributed by atoms with van der Waals surface area (Å²) < 4.78 is 2.03. The van der Waals surface area contributed by atoms with Crippen molar-refractivity contribution in [2.45, 2.75) is 50.3 Å². The Kier molecular flexibility index (Phi) is 3.85. The number of aliphatic imine (C=N–C) groups is 1. The summed E-state index contributed by atoms with van der Waals surface area (Å²) in [5.41, 5.74) is 1.82. The summed E-state index contributed by atoms with van der Waals surface area (Å²) in [4.78, 5) is 21.6. The van der Waals surface area contributed by atoms with Gasteiger partial charge in [-0.25, -0.2) is 4.99 Å². The molecule has 6 heteroatoms. The first kappa shape index (κ1) is 14.8. The summed E-state index contributed by atoms with van der Waals surface area (Å²) in [6.45, 7) is 2.01. The van der Waals surface area contributed by atoms with Crippen LogP contribution in [0.1, 0.15) is 61.4 Å². The highest BCUT2D eigenvalue weighted by molar-refractivity contribution is 8.14. The molecule has 5 nitrogen and oxygen atoms in total. The van der Waals surface area contributed by atoms with Gasteiger partial charge < -0.3 is 0 Å². The molecule has 0 bridgehead atoms. The van der Waals surface area contributed by atoms with Crippen molar-refractivity contribution in [3.63, 3.8) is 0 Å². The number of thioether (sulfide) groups is 1. The lowest BCUT2D eigenvalue weighted by Crippen LogP contribution is -2.16. The molecule has 1 aliphatic carbocycles. The quantitative estimate of drug-likeness (QED) is 0.907. The molecule has 2 aromatic heterocycles. The third kappa shape index (κ3) is 2.65. The number of aromatic amines is 1. The number of nitrogens with zero attached hydrogens (tertiary/aromatic N) is 3. The van der Waals surface area contributed by atoms with E-state index in [1.807, 2.05) is 29.9 Å². The second kappa shape index (κ2) is 6.00. The first-order chi connectivity index (χ1) is 11.2. The van der Waals surface area contributed by atoms with Crippen LogP contribution < -0.4 is 5.56 Å². The molecule has 1 atom stereocenters. The molecule has 0 amide bonds. The van der Waals surface area contributed by atoms with Gasteiger partial charge in [0.05, 0.1) is 21.9 Å². The van der Waals surface area contributed by atoms with Crippen LogP contribution in [0.3, 0.4) is 0 Å². The van der Waals surface area contributed by atoms with Gasteiger partial charge in [0.25, 0.3) is 5.56 Å². The van der Waals surface area contributed by atoms with Gasteiger partial charge in [0.15, 0.2) is 5.82 Å². The van der Waals surface area contributed by atoms with Crippen molar-refractivity contribution in [2.75, 3.05) is 0 Å². The number of hydrogen-bond acceptors (Lipinski definition) is 4. The first-order valence-electron chi connectivity index (χ1n) is 8.20. The van der Waals surface area contributed by atoms with Gasteiger partial charge in [-0.1, -0.05) is 37.1 Å². The fourth-order valence-electron chi connectivity index (χ4n) is 3.58. The van der Waals surface area contributed by atoms with E-state index in [9.17, 15) is 4.79 Å². The highest BCUT2D eigenvalue weighted by Crippen LogP contribution is 2.44. The minimum Gasteiger partial charge on any atom is -0.268 e. The van der Waals surface area contributed by atoms with Crippen molar-refractivity contribution < 1.29 is 0 Å². The van der Waals surface area contributed by atoms with Crippen LogP contribution >= 0.6 is 11.8 Å². The Hall–Kier alpha value is -1.82. The van der Waals surface area contributed by atoms with Crippen molar-refractivity contribution in [1.29, 1.82) is 0 Å². The van der Waals surface area contributed by atoms with E-state index in [-0.39, 0.29) is 10.8 Å². The predicted molar refractivity (Wildman–Crippen MR) is 93.6 cm³/mol. The van der Waals surface area contributed by atoms with Gasteiger partial charge >= 0.3 is 0 Å². The molecule has 1 fully saturated rings. The standard InChI is InChI=1S/C17H20N4OS/c1-11-19-16-14(15(23-11)12-6-5-9-18-10-12)17(22)20-21(16)13-7-3-2-4-8-13/h5-6,9-10,13,15H,2-4,7-8H2,1H3,(H,20,22)/t15-/m1/s1. The molecule has 1 N–H and O–H groups in total. The zero-order chi connectivity index (χ0) is 15.8. The second-order valence-corrected chi connectivity index (χ2v) is 7.55. The molecule has 1 aliphatic heterocycles. The first-order valence-corrected chi connectivity index (χ1v) is 9.08. The van der Waals surface area contributed by atoms with E-state index in [4.69, 9.17) is 4.99 Å². The molecule has 1 saturated carbocycles. The van der Waals surface area contributed by atoms with E-state index in [1.54, 1.807) is 18.0 Å². The maximum atomic E-state index is 12.6. The molecule has 0 radical (unpaired) electrons. The number of aromatic nitrogens is 3. The van der Waals surface area contributed by atoms with Crippen LogP contribution in [0.5, 0.6) is 0 Å². The monoisotopic (exact) mass is 328 g/mol. The summed E-state index contributed by atoms with van der Waals surface area (Å²) in [5, 5.41) is 4.04. The molecule has 0 spiro atoms. The Morgan fingerprint density at radius 2 is 2.13 bits per heavy atom. The Labute approximate surface area is 139 Å². The van der Waals surface area contributed by atoms with Gasteiger partial charge in [-0.15, -0.1) is 0 Å². The lowest BCUT2D eigenvalue weighted by Gasteiger charge is -2.26. The van der Waals surface area contributed by atoms with Gasteiger partial charge in [-0.3, -0.25) is 19.6 Å². The third-order valence-electron chi connectivity index (χ3n) is 4.68. The average molecular weight is 328 g/mol. The summed E-state index contributed by atoms with van der Waals surface area (Å²) >= 11 is 1.63.